The van der Waals surface area contributed by atoms with Gasteiger partial charge < -0.3 is 10.2 Å². The van der Waals surface area contributed by atoms with Crippen LogP contribution in [-0.4, -0.2) is 18.7 Å². The molecule has 0 aliphatic rings. The second kappa shape index (κ2) is 7.59. The Hall–Kier alpha value is -2.14. The summed E-state index contributed by atoms with van der Waals surface area (Å²) in [6.07, 6.45) is 1.56. The average molecular weight is 347 g/mol. The Morgan fingerprint density at radius 3 is 2.67 bits per heavy atom. The molecule has 0 aromatic heterocycles. The van der Waals surface area contributed by atoms with E-state index in [9.17, 15) is 4.79 Å². The lowest BCUT2D eigenvalue weighted by Crippen LogP contribution is -2.16. The standard InChI is InChI=1S/C16H15BrN2O2/c1-12-6-8-14(9-7-12)19-16(20)11-21-18-10-13-4-2-3-5-15(13)17/h2-10H,11H2,1H3,(H,19,20)/b18-10-. The number of nitrogens with one attached hydrogen (secondary N) is 1. The van der Waals surface area contributed by atoms with Crippen molar-refractivity contribution >= 4 is 33.7 Å². The van der Waals surface area contributed by atoms with Crippen molar-refractivity contribution in [3.05, 3.63) is 64.1 Å². The smallest absolute Gasteiger partial charge is 0.265 e. The summed E-state index contributed by atoms with van der Waals surface area (Å²) in [6, 6.07) is 15.2. The second-order valence-corrected chi connectivity index (χ2v) is 5.30. The molecule has 108 valence electrons. The predicted octanol–water partition coefficient (Wildman–Crippen LogP) is 3.75. The summed E-state index contributed by atoms with van der Waals surface area (Å²) < 4.78 is 0.918. The molecule has 21 heavy (non-hydrogen) atoms. The van der Waals surface area contributed by atoms with Gasteiger partial charge in [-0.05, 0) is 25.1 Å². The van der Waals surface area contributed by atoms with Gasteiger partial charge in [-0.25, -0.2) is 0 Å². The number of halogens is 1. The molecule has 0 radical (unpaired) electrons. The zero-order chi connectivity index (χ0) is 15.1. The molecule has 0 aliphatic heterocycles. The molecular weight excluding hydrogens is 332 g/mol. The molecule has 4 nitrogen and oxygen atoms in total. The number of rotatable bonds is 5. The normalized spacial score (nSPS) is 10.6. The largest absolute Gasteiger partial charge is 0.386 e. The fraction of sp³-hybridized carbons (Fsp3) is 0.125. The Morgan fingerprint density at radius 1 is 1.24 bits per heavy atom. The van der Waals surface area contributed by atoms with Gasteiger partial charge in [-0.1, -0.05) is 57.0 Å². The Bertz CT molecular complexity index is 639. The van der Waals surface area contributed by atoms with Crippen molar-refractivity contribution in [1.82, 2.24) is 0 Å². The monoisotopic (exact) mass is 346 g/mol. The zero-order valence-electron chi connectivity index (χ0n) is 11.5. The van der Waals surface area contributed by atoms with Crippen LogP contribution in [0.25, 0.3) is 0 Å². The fourth-order valence-corrected chi connectivity index (χ4v) is 1.99. The third kappa shape index (κ3) is 5.04. The maximum absolute atomic E-state index is 11.7. The molecule has 5 heteroatoms. The van der Waals surface area contributed by atoms with Crippen molar-refractivity contribution in [1.29, 1.82) is 0 Å². The van der Waals surface area contributed by atoms with Gasteiger partial charge in [-0.2, -0.15) is 0 Å². The van der Waals surface area contributed by atoms with E-state index in [1.807, 2.05) is 55.5 Å². The van der Waals surface area contributed by atoms with Crippen LogP contribution in [0.1, 0.15) is 11.1 Å². The summed E-state index contributed by atoms with van der Waals surface area (Å²) in [5, 5.41) is 6.51. The number of hydrogen-bond donors (Lipinski definition) is 1. The highest BCUT2D eigenvalue weighted by Gasteiger charge is 2.02. The number of aryl methyl sites for hydroxylation is 1. The van der Waals surface area contributed by atoms with Crippen LogP contribution in [0.2, 0.25) is 0 Å². The van der Waals surface area contributed by atoms with E-state index in [4.69, 9.17) is 4.84 Å². The number of amides is 1. The van der Waals surface area contributed by atoms with Crippen LogP contribution >= 0.6 is 15.9 Å². The van der Waals surface area contributed by atoms with E-state index in [1.54, 1.807) is 6.21 Å². The van der Waals surface area contributed by atoms with Crippen LogP contribution in [0, 0.1) is 6.92 Å². The Morgan fingerprint density at radius 2 is 1.95 bits per heavy atom. The summed E-state index contributed by atoms with van der Waals surface area (Å²) in [5.74, 6) is -0.247. The van der Waals surface area contributed by atoms with E-state index >= 15 is 0 Å². The summed E-state index contributed by atoms with van der Waals surface area (Å²) in [5.41, 5.74) is 2.77. The number of carbonyl (C=O) groups excluding carboxylic acids is 1. The quantitative estimate of drug-likeness (QED) is 0.662. The van der Waals surface area contributed by atoms with E-state index in [2.05, 4.69) is 26.4 Å². The number of benzene rings is 2. The molecule has 0 heterocycles. The molecule has 2 rings (SSSR count). The maximum atomic E-state index is 11.7. The number of nitrogens with zero attached hydrogens (tertiary/aromatic N) is 1. The highest BCUT2D eigenvalue weighted by molar-refractivity contribution is 9.10. The van der Waals surface area contributed by atoms with Crippen molar-refractivity contribution < 1.29 is 9.63 Å². The molecular formula is C16H15BrN2O2. The average Bonchev–Trinajstić information content (AvgIpc) is 2.48. The number of carbonyl (C=O) groups is 1. The lowest BCUT2D eigenvalue weighted by molar-refractivity contribution is -0.120. The van der Waals surface area contributed by atoms with Gasteiger partial charge in [0.25, 0.3) is 5.91 Å². The molecule has 1 N–H and O–H groups in total. The summed E-state index contributed by atoms with van der Waals surface area (Å²) in [6.45, 7) is 1.86. The van der Waals surface area contributed by atoms with Gasteiger partial charge in [0.2, 0.25) is 0 Å². The third-order valence-electron chi connectivity index (χ3n) is 2.70. The molecule has 0 unspecified atom stereocenters. The highest BCUT2D eigenvalue weighted by atomic mass is 79.9. The fourth-order valence-electron chi connectivity index (χ4n) is 1.60. The topological polar surface area (TPSA) is 50.7 Å². The first kappa shape index (κ1) is 15.3. The van der Waals surface area contributed by atoms with Crippen molar-refractivity contribution in [3.63, 3.8) is 0 Å². The van der Waals surface area contributed by atoms with Crippen LogP contribution in [0.4, 0.5) is 5.69 Å². The van der Waals surface area contributed by atoms with Gasteiger partial charge in [0.15, 0.2) is 6.61 Å². The predicted molar refractivity (Wildman–Crippen MR) is 87.5 cm³/mol. The molecule has 0 saturated heterocycles. The lowest BCUT2D eigenvalue weighted by atomic mass is 10.2. The Balaban J connectivity index is 1.79. The minimum absolute atomic E-state index is 0.130. The molecule has 0 atom stereocenters. The SMILES string of the molecule is Cc1ccc(NC(=O)CO/N=C\c2ccccc2Br)cc1. The van der Waals surface area contributed by atoms with Crippen LogP contribution in [0.3, 0.4) is 0 Å². The molecule has 2 aromatic rings. The van der Waals surface area contributed by atoms with Crippen LogP contribution < -0.4 is 5.32 Å². The maximum Gasteiger partial charge on any atom is 0.265 e. The Labute approximate surface area is 131 Å². The van der Waals surface area contributed by atoms with Gasteiger partial charge in [-0.15, -0.1) is 0 Å². The van der Waals surface area contributed by atoms with E-state index in [0.29, 0.717) is 0 Å². The van der Waals surface area contributed by atoms with Gasteiger partial charge in [-0.3, -0.25) is 4.79 Å². The summed E-state index contributed by atoms with van der Waals surface area (Å²) >= 11 is 3.40. The van der Waals surface area contributed by atoms with Crippen LogP contribution in [-0.2, 0) is 9.63 Å². The van der Waals surface area contributed by atoms with Crippen LogP contribution in [0.5, 0.6) is 0 Å². The van der Waals surface area contributed by atoms with Crippen molar-refractivity contribution in [2.75, 3.05) is 11.9 Å². The number of oxime groups is 1. The summed E-state index contributed by atoms with van der Waals surface area (Å²) in [4.78, 5) is 16.6. The Kier molecular flexibility index (Phi) is 5.51. The molecule has 0 fully saturated rings. The van der Waals surface area contributed by atoms with Gasteiger partial charge in [0, 0.05) is 15.7 Å². The van der Waals surface area contributed by atoms with E-state index in [1.165, 1.54) is 0 Å². The molecule has 0 spiro atoms. The van der Waals surface area contributed by atoms with Gasteiger partial charge >= 0.3 is 0 Å². The first-order valence-electron chi connectivity index (χ1n) is 6.41. The van der Waals surface area contributed by atoms with Crippen molar-refractivity contribution in [3.8, 4) is 0 Å². The first-order valence-corrected chi connectivity index (χ1v) is 7.21. The van der Waals surface area contributed by atoms with Crippen molar-refractivity contribution in [2.24, 2.45) is 5.16 Å². The summed E-state index contributed by atoms with van der Waals surface area (Å²) in [7, 11) is 0. The van der Waals surface area contributed by atoms with E-state index in [0.717, 1.165) is 21.3 Å². The molecule has 0 saturated carbocycles. The van der Waals surface area contributed by atoms with E-state index < -0.39 is 0 Å². The zero-order valence-corrected chi connectivity index (χ0v) is 13.1. The minimum atomic E-state index is -0.247. The number of hydrogen-bond acceptors (Lipinski definition) is 3. The highest BCUT2D eigenvalue weighted by Crippen LogP contribution is 2.13. The van der Waals surface area contributed by atoms with E-state index in [-0.39, 0.29) is 12.5 Å². The van der Waals surface area contributed by atoms with Crippen LogP contribution in [0.15, 0.2) is 58.2 Å². The lowest BCUT2D eigenvalue weighted by Gasteiger charge is -2.04. The first-order chi connectivity index (χ1) is 10.1. The third-order valence-corrected chi connectivity index (χ3v) is 3.42. The second-order valence-electron chi connectivity index (χ2n) is 4.44. The molecule has 1 amide bonds. The minimum Gasteiger partial charge on any atom is -0.386 e. The molecule has 0 bridgehead atoms. The van der Waals surface area contributed by atoms with Crippen molar-refractivity contribution in [2.45, 2.75) is 6.92 Å². The number of anilines is 1. The van der Waals surface area contributed by atoms with Gasteiger partial charge in [0.1, 0.15) is 0 Å². The van der Waals surface area contributed by atoms with Gasteiger partial charge in [0.05, 0.1) is 6.21 Å². The molecule has 2 aromatic carbocycles. The molecule has 0 aliphatic carbocycles.